The van der Waals surface area contributed by atoms with Gasteiger partial charge in [-0.15, -0.1) is 0 Å². The average molecular weight is 692 g/mol. The number of nitrogens with zero attached hydrogens (tertiary/aromatic N) is 7. The van der Waals surface area contributed by atoms with Gasteiger partial charge in [0.2, 0.25) is 17.7 Å². The Hall–Kier alpha value is -5.90. The molecule has 1 saturated carbocycles. The van der Waals surface area contributed by atoms with E-state index >= 15 is 0 Å². The molecule has 10 nitrogen and oxygen atoms in total. The molecule has 0 saturated heterocycles. The largest absolute Gasteiger partial charge is 0.436 e. The van der Waals surface area contributed by atoms with Crippen LogP contribution in [0.15, 0.2) is 96.1 Å². The third-order valence-electron chi connectivity index (χ3n) is 10.5. The smallest absolute Gasteiger partial charge is 0.237 e. The Morgan fingerprint density at radius 2 is 1.44 bits per heavy atom. The molecule has 262 valence electrons. The normalized spacial score (nSPS) is 16.8. The quantitative estimate of drug-likeness (QED) is 0.180. The van der Waals surface area contributed by atoms with E-state index in [1.54, 1.807) is 23.5 Å². The minimum Gasteiger partial charge on any atom is -0.436 e. The van der Waals surface area contributed by atoms with E-state index in [2.05, 4.69) is 32.2 Å². The molecular weight excluding hydrogens is 651 g/mol. The number of amides is 2. The van der Waals surface area contributed by atoms with Gasteiger partial charge in [0.25, 0.3) is 0 Å². The lowest BCUT2D eigenvalue weighted by atomic mass is 9.85. The molecule has 0 unspecified atom stereocenters. The summed E-state index contributed by atoms with van der Waals surface area (Å²) >= 11 is 0. The number of carbonyl (C=O) groups excluding carboxylic acids is 2. The second-order valence-corrected chi connectivity index (χ2v) is 15.0. The number of aryl methyl sites for hydroxylation is 2. The van der Waals surface area contributed by atoms with Gasteiger partial charge >= 0.3 is 0 Å². The number of hydrogen-bond donors (Lipinski definition) is 0. The first-order valence-corrected chi connectivity index (χ1v) is 17.6. The van der Waals surface area contributed by atoms with Crippen molar-refractivity contribution in [2.24, 2.45) is 0 Å². The van der Waals surface area contributed by atoms with Crippen LogP contribution in [-0.2, 0) is 20.4 Å². The zero-order valence-corrected chi connectivity index (χ0v) is 30.5. The fourth-order valence-electron chi connectivity index (χ4n) is 7.36. The number of oxazole rings is 1. The number of aromatic nitrogens is 5. The topological polar surface area (TPSA) is 110 Å². The number of carbonyl (C=O) groups is 2. The second-order valence-electron chi connectivity index (χ2n) is 15.0. The molecule has 0 bridgehead atoms. The molecule has 9 rings (SSSR count). The summed E-state index contributed by atoms with van der Waals surface area (Å²) in [6, 6.07) is 20.4. The SMILES string of the molecule is CN1C(=O)C(C)(C)c2ccc(-n3cc(-c4ccncc4)cn3)cc21.Cc1cc(-c2nc(C)c(-c3ccc4c(c3)N(C3CC3)C(=O)C4(C)C)o2)ccn1. The Labute approximate surface area is 303 Å². The number of pyridine rings is 2. The van der Waals surface area contributed by atoms with Crippen molar-refractivity contribution >= 4 is 23.2 Å². The lowest BCUT2D eigenvalue weighted by Gasteiger charge is -2.19. The molecule has 0 atom stereocenters. The molecule has 3 aliphatic rings. The molecule has 10 heteroatoms. The number of fused-ring (bicyclic) bond motifs is 2. The molecule has 2 aliphatic heterocycles. The van der Waals surface area contributed by atoms with Crippen molar-refractivity contribution in [3.05, 3.63) is 114 Å². The Morgan fingerprint density at radius 3 is 2.17 bits per heavy atom. The van der Waals surface area contributed by atoms with Crippen molar-refractivity contribution in [2.45, 2.75) is 71.3 Å². The Balaban J connectivity index is 0.000000151. The van der Waals surface area contributed by atoms with Crippen LogP contribution >= 0.6 is 0 Å². The van der Waals surface area contributed by atoms with Gasteiger partial charge in [0.05, 0.1) is 28.4 Å². The Kier molecular flexibility index (Phi) is 7.75. The van der Waals surface area contributed by atoms with Gasteiger partial charge in [-0.05, 0) is 114 Å². The first-order chi connectivity index (χ1) is 24.8. The molecular formula is C42H41N7O3. The minimum absolute atomic E-state index is 0.118. The molecule has 4 aromatic heterocycles. The van der Waals surface area contributed by atoms with Gasteiger partial charge in [0, 0.05) is 71.6 Å². The first-order valence-electron chi connectivity index (χ1n) is 17.6. The van der Waals surface area contributed by atoms with Crippen LogP contribution in [0, 0.1) is 13.8 Å². The number of hydrogen-bond acceptors (Lipinski definition) is 7. The highest BCUT2D eigenvalue weighted by Gasteiger charge is 2.49. The lowest BCUT2D eigenvalue weighted by molar-refractivity contribution is -0.122. The van der Waals surface area contributed by atoms with Gasteiger partial charge in [-0.1, -0.05) is 18.2 Å². The molecule has 0 radical (unpaired) electrons. The molecule has 2 aromatic carbocycles. The highest BCUT2D eigenvalue weighted by Crippen LogP contribution is 2.48. The highest BCUT2D eigenvalue weighted by molar-refractivity contribution is 6.09. The van der Waals surface area contributed by atoms with E-state index in [0.717, 1.165) is 80.4 Å². The fraction of sp³-hybridized carbons (Fsp3) is 0.286. The van der Waals surface area contributed by atoms with Crippen LogP contribution in [0.3, 0.4) is 0 Å². The summed E-state index contributed by atoms with van der Waals surface area (Å²) in [5, 5.41) is 4.46. The van der Waals surface area contributed by atoms with Crippen molar-refractivity contribution in [2.75, 3.05) is 16.8 Å². The number of anilines is 2. The summed E-state index contributed by atoms with van der Waals surface area (Å²) in [7, 11) is 1.82. The molecule has 0 N–H and O–H groups in total. The van der Waals surface area contributed by atoms with Crippen LogP contribution in [0.1, 0.15) is 63.1 Å². The maximum atomic E-state index is 13.0. The van der Waals surface area contributed by atoms with Crippen molar-refractivity contribution < 1.29 is 14.0 Å². The van der Waals surface area contributed by atoms with E-state index in [1.165, 1.54) is 0 Å². The lowest BCUT2D eigenvalue weighted by Crippen LogP contribution is -2.37. The van der Waals surface area contributed by atoms with Gasteiger partial charge in [-0.3, -0.25) is 19.6 Å². The molecule has 1 fully saturated rings. The van der Waals surface area contributed by atoms with E-state index < -0.39 is 10.8 Å². The van der Waals surface area contributed by atoms with Crippen LogP contribution in [0.5, 0.6) is 0 Å². The Morgan fingerprint density at radius 1 is 0.750 bits per heavy atom. The summed E-state index contributed by atoms with van der Waals surface area (Å²) in [6.45, 7) is 11.9. The van der Waals surface area contributed by atoms with Crippen LogP contribution in [0.4, 0.5) is 11.4 Å². The molecule has 0 spiro atoms. The Bertz CT molecular complexity index is 2370. The monoisotopic (exact) mass is 691 g/mol. The van der Waals surface area contributed by atoms with Gasteiger partial charge < -0.3 is 14.2 Å². The highest BCUT2D eigenvalue weighted by atomic mass is 16.4. The van der Waals surface area contributed by atoms with Gasteiger partial charge in [0.1, 0.15) is 0 Å². The summed E-state index contributed by atoms with van der Waals surface area (Å²) in [4.78, 5) is 42.0. The fourth-order valence-corrected chi connectivity index (χ4v) is 7.36. The third kappa shape index (κ3) is 5.49. The van der Waals surface area contributed by atoms with Crippen molar-refractivity contribution in [1.82, 2.24) is 24.7 Å². The summed E-state index contributed by atoms with van der Waals surface area (Å²) in [5.74, 6) is 1.66. The predicted octanol–water partition coefficient (Wildman–Crippen LogP) is 8.00. The zero-order chi connectivity index (χ0) is 36.5. The van der Waals surface area contributed by atoms with Crippen LogP contribution in [0.25, 0.3) is 39.6 Å². The van der Waals surface area contributed by atoms with E-state index in [-0.39, 0.29) is 11.8 Å². The van der Waals surface area contributed by atoms with Crippen molar-refractivity contribution in [3.8, 4) is 39.6 Å². The van der Waals surface area contributed by atoms with Gasteiger partial charge in [-0.2, -0.15) is 5.10 Å². The van der Waals surface area contributed by atoms with Crippen LogP contribution < -0.4 is 9.80 Å². The third-order valence-corrected chi connectivity index (χ3v) is 10.5. The van der Waals surface area contributed by atoms with Gasteiger partial charge in [-0.25, -0.2) is 9.67 Å². The van der Waals surface area contributed by atoms with E-state index in [1.807, 2.05) is 119 Å². The van der Waals surface area contributed by atoms with Crippen molar-refractivity contribution in [3.63, 3.8) is 0 Å². The second kappa shape index (κ2) is 12.1. The molecule has 6 heterocycles. The molecule has 2 amide bonds. The van der Waals surface area contributed by atoms with Crippen LogP contribution in [-0.4, -0.2) is 49.6 Å². The molecule has 1 aliphatic carbocycles. The number of benzene rings is 2. The number of rotatable bonds is 5. The first kappa shape index (κ1) is 33.3. The maximum Gasteiger partial charge on any atom is 0.237 e. The van der Waals surface area contributed by atoms with Crippen molar-refractivity contribution in [1.29, 1.82) is 0 Å². The standard InChI is InChI=1S/C23H23N3O2.C19H18N4O/c1-13-11-16(9-10-24-13)21-25-14(2)20(28-21)15-5-8-18-19(12-15)26(17-6-7-17)22(27)23(18,3)4;1-19(2)16-5-4-15(10-17(16)22(3)18(19)24)23-12-14(11-21-23)13-6-8-20-9-7-13/h5,8-12,17H,6-7H2,1-4H3;4-12H,1-3H3. The summed E-state index contributed by atoms with van der Waals surface area (Å²) in [5.41, 5.74) is 9.84. The zero-order valence-electron chi connectivity index (χ0n) is 30.5. The summed E-state index contributed by atoms with van der Waals surface area (Å²) < 4.78 is 7.98. The van der Waals surface area contributed by atoms with E-state index in [4.69, 9.17) is 4.42 Å². The maximum absolute atomic E-state index is 13.0. The number of likely N-dealkylation sites (N-methyl/N-ethyl adjacent to an activating group) is 1. The van der Waals surface area contributed by atoms with Crippen LogP contribution in [0.2, 0.25) is 0 Å². The minimum atomic E-state index is -0.480. The predicted molar refractivity (Wildman–Crippen MR) is 201 cm³/mol. The summed E-state index contributed by atoms with van der Waals surface area (Å²) in [6.07, 6.45) is 11.3. The van der Waals surface area contributed by atoms with Gasteiger partial charge in [0.15, 0.2) is 5.76 Å². The van der Waals surface area contributed by atoms with E-state index in [9.17, 15) is 9.59 Å². The molecule has 52 heavy (non-hydrogen) atoms. The molecule has 6 aromatic rings. The average Bonchev–Trinajstić information content (AvgIpc) is 3.57. The van der Waals surface area contributed by atoms with E-state index in [0.29, 0.717) is 11.9 Å².